The third kappa shape index (κ3) is 3.68. The summed E-state index contributed by atoms with van der Waals surface area (Å²) in [6.45, 7) is 9.78. The predicted molar refractivity (Wildman–Crippen MR) is 132 cm³/mol. The molecule has 3 saturated carbocycles. The van der Waals surface area contributed by atoms with E-state index >= 15 is 0 Å². The van der Waals surface area contributed by atoms with E-state index in [0.29, 0.717) is 6.54 Å². The highest BCUT2D eigenvalue weighted by molar-refractivity contribution is 5.93. The van der Waals surface area contributed by atoms with Crippen LogP contribution in [-0.4, -0.2) is 68.3 Å². The summed E-state index contributed by atoms with van der Waals surface area (Å²) in [5, 5.41) is 2.51. The van der Waals surface area contributed by atoms with Crippen LogP contribution in [0.2, 0.25) is 0 Å². The van der Waals surface area contributed by atoms with E-state index in [9.17, 15) is 18.8 Å². The molecule has 0 aromatic rings. The van der Waals surface area contributed by atoms with Gasteiger partial charge in [0.2, 0.25) is 5.91 Å². The molecule has 7 nitrogen and oxygen atoms in total. The number of Topliss-reactive ketones (excluding diaryl/α,β-unsaturated/α-hetero) is 1. The van der Waals surface area contributed by atoms with E-state index < -0.39 is 29.7 Å². The Kier molecular flexibility index (Phi) is 6.55. The predicted octanol–water partition coefficient (Wildman–Crippen LogP) is 3.99. The third-order valence-electron chi connectivity index (χ3n) is 11.6. The van der Waals surface area contributed by atoms with Crippen LogP contribution < -0.4 is 5.32 Å². The summed E-state index contributed by atoms with van der Waals surface area (Å²) in [7, 11) is 1.72. The number of halogens is 1. The van der Waals surface area contributed by atoms with Crippen LogP contribution in [0.4, 0.5) is 9.18 Å². The van der Waals surface area contributed by atoms with Gasteiger partial charge in [-0.3, -0.25) is 19.3 Å². The fourth-order valence-electron chi connectivity index (χ4n) is 9.22. The summed E-state index contributed by atoms with van der Waals surface area (Å²) in [5.41, 5.74) is -2.06. The van der Waals surface area contributed by atoms with E-state index in [1.165, 1.54) is 0 Å². The molecule has 5 rings (SSSR count). The number of nitrogens with zero attached hydrogens (tertiary/aromatic N) is 1. The van der Waals surface area contributed by atoms with Crippen LogP contribution in [0.25, 0.3) is 0 Å². The Morgan fingerprint density at radius 2 is 1.86 bits per heavy atom. The number of fused-ring (bicyclic) bond motifs is 2. The Morgan fingerprint density at radius 1 is 1.14 bits per heavy atom. The normalized spacial score (nSPS) is 49.8. The molecule has 2 aliphatic heterocycles. The van der Waals surface area contributed by atoms with Crippen LogP contribution >= 0.6 is 0 Å². The molecule has 3 aliphatic carbocycles. The summed E-state index contributed by atoms with van der Waals surface area (Å²) >= 11 is 0. The highest BCUT2D eigenvalue weighted by Gasteiger charge is 2.68. The van der Waals surface area contributed by atoms with E-state index in [2.05, 4.69) is 24.1 Å². The van der Waals surface area contributed by atoms with Gasteiger partial charge in [-0.2, -0.15) is 0 Å². The molecule has 8 heteroatoms. The fraction of sp³-hybridized carbons (Fsp3) is 0.893. The lowest BCUT2D eigenvalue weighted by molar-refractivity contribution is -0.192. The zero-order valence-electron chi connectivity index (χ0n) is 22.5. The standard InChI is InChI=1S/C28H43FN2O5/c1-16-6-9-28-10-7-20(35-5)22(28)27(16,4)21(12-26(3,15-29)23(32)17(28)2)36-25(34)30-24(33)19-14-31-11-8-18(19)13-31/h16-22H,6-15H2,1-5H3,(H,30,33,34)/t16-,17+,18-,19+,20-,21-,22?,26+,27+,28?/m1/s1. The number of amides is 2. The molecule has 36 heavy (non-hydrogen) atoms. The first-order valence-electron chi connectivity index (χ1n) is 13.9. The Morgan fingerprint density at radius 3 is 2.47 bits per heavy atom. The molecule has 4 bridgehead atoms. The molecule has 3 unspecified atom stereocenters. The van der Waals surface area contributed by atoms with E-state index in [1.807, 2.05) is 6.92 Å². The van der Waals surface area contributed by atoms with Gasteiger partial charge < -0.3 is 14.4 Å². The van der Waals surface area contributed by atoms with Crippen LogP contribution in [0.3, 0.4) is 0 Å². The van der Waals surface area contributed by atoms with E-state index in [1.54, 1.807) is 14.0 Å². The van der Waals surface area contributed by atoms with Crippen molar-refractivity contribution in [1.29, 1.82) is 0 Å². The molecular formula is C28H43FN2O5. The fourth-order valence-corrected chi connectivity index (χ4v) is 9.22. The molecule has 2 heterocycles. The Labute approximate surface area is 214 Å². The van der Waals surface area contributed by atoms with Gasteiger partial charge in [0.05, 0.1) is 17.4 Å². The molecule has 5 aliphatic rings. The Balaban J connectivity index is 1.47. The summed E-state index contributed by atoms with van der Waals surface area (Å²) in [4.78, 5) is 42.2. The second-order valence-corrected chi connectivity index (χ2v) is 13.1. The smallest absolute Gasteiger partial charge is 0.414 e. The monoisotopic (exact) mass is 506 g/mol. The van der Waals surface area contributed by atoms with Crippen molar-refractivity contribution in [3.8, 4) is 0 Å². The van der Waals surface area contributed by atoms with Gasteiger partial charge in [-0.25, -0.2) is 4.79 Å². The number of rotatable bonds is 4. The summed E-state index contributed by atoms with van der Waals surface area (Å²) in [5.74, 6) is -0.389. The lowest BCUT2D eigenvalue weighted by atomic mass is 9.44. The van der Waals surface area contributed by atoms with Crippen molar-refractivity contribution in [1.82, 2.24) is 10.2 Å². The van der Waals surface area contributed by atoms with Gasteiger partial charge in [0.1, 0.15) is 18.6 Å². The zero-order valence-corrected chi connectivity index (χ0v) is 22.5. The zero-order chi connectivity index (χ0) is 26.0. The quantitative estimate of drug-likeness (QED) is 0.621. The largest absolute Gasteiger partial charge is 0.445 e. The minimum absolute atomic E-state index is 0.00808. The first-order chi connectivity index (χ1) is 17.0. The van der Waals surface area contributed by atoms with Gasteiger partial charge in [-0.1, -0.05) is 20.8 Å². The number of hydrogen-bond donors (Lipinski definition) is 1. The minimum atomic E-state index is -1.24. The molecule has 2 saturated heterocycles. The second-order valence-electron chi connectivity index (χ2n) is 13.1. The maximum Gasteiger partial charge on any atom is 0.414 e. The molecule has 5 fully saturated rings. The number of carbonyl (C=O) groups is 3. The van der Waals surface area contributed by atoms with Crippen LogP contribution in [0.5, 0.6) is 0 Å². The highest BCUT2D eigenvalue weighted by atomic mass is 19.1. The third-order valence-corrected chi connectivity index (χ3v) is 11.6. The molecule has 0 aromatic heterocycles. The van der Waals surface area contributed by atoms with Crippen LogP contribution in [-0.2, 0) is 19.1 Å². The van der Waals surface area contributed by atoms with Crippen LogP contribution in [0.1, 0.15) is 66.2 Å². The summed E-state index contributed by atoms with van der Waals surface area (Å²) in [6, 6.07) is 0. The number of methoxy groups -OCH3 is 1. The number of hydrogen-bond acceptors (Lipinski definition) is 6. The van der Waals surface area contributed by atoms with Crippen molar-refractivity contribution in [2.45, 2.75) is 78.4 Å². The van der Waals surface area contributed by atoms with Crippen molar-refractivity contribution in [2.75, 3.05) is 33.4 Å². The molecule has 11 atom stereocenters. The number of nitrogens with one attached hydrogen (secondary N) is 1. The van der Waals surface area contributed by atoms with Crippen LogP contribution in [0.15, 0.2) is 0 Å². The molecule has 0 radical (unpaired) electrons. The lowest BCUT2D eigenvalue weighted by Crippen LogP contribution is -2.63. The van der Waals surface area contributed by atoms with E-state index in [4.69, 9.17) is 9.47 Å². The number of carbonyl (C=O) groups excluding carboxylic acids is 3. The maximum atomic E-state index is 14.6. The van der Waals surface area contributed by atoms with Crippen molar-refractivity contribution in [2.24, 2.45) is 45.8 Å². The Hall–Kier alpha value is -1.54. The molecule has 2 amide bonds. The lowest BCUT2D eigenvalue weighted by Gasteiger charge is -2.61. The first-order valence-corrected chi connectivity index (χ1v) is 13.9. The van der Waals surface area contributed by atoms with E-state index in [0.717, 1.165) is 45.2 Å². The number of piperidine rings is 1. The average molecular weight is 507 g/mol. The van der Waals surface area contributed by atoms with Crippen molar-refractivity contribution < 1.29 is 28.2 Å². The van der Waals surface area contributed by atoms with Crippen LogP contribution in [0, 0.1) is 45.8 Å². The van der Waals surface area contributed by atoms with E-state index in [-0.39, 0.29) is 59.2 Å². The van der Waals surface area contributed by atoms with Gasteiger partial charge in [0.15, 0.2) is 0 Å². The van der Waals surface area contributed by atoms with Gasteiger partial charge in [0.25, 0.3) is 0 Å². The van der Waals surface area contributed by atoms with Gasteiger partial charge in [-0.05, 0) is 69.2 Å². The minimum Gasteiger partial charge on any atom is -0.445 e. The number of ether oxygens (including phenoxy) is 2. The summed E-state index contributed by atoms with van der Waals surface area (Å²) < 4.78 is 26.7. The molecule has 0 spiro atoms. The number of alkyl halides is 1. The number of ketones is 1. The molecule has 0 aromatic carbocycles. The number of imide groups is 1. The van der Waals surface area contributed by atoms with Crippen molar-refractivity contribution in [3.63, 3.8) is 0 Å². The SMILES string of the molecule is CO[C@@H]1CCC23CC[C@@H](C)[C@](C)(C12)[C@H](OC(=O)NC(=O)[C@H]1CN2CC[C@@H]1C2)C[C@@](C)(CF)C(=O)[C@@H]3C. The first kappa shape index (κ1) is 26.1. The summed E-state index contributed by atoms with van der Waals surface area (Å²) in [6.07, 6.45) is 3.04. The second kappa shape index (κ2) is 9.04. The molecule has 1 N–H and O–H groups in total. The van der Waals surface area contributed by atoms with Gasteiger partial charge in [0, 0.05) is 37.5 Å². The number of alkyl carbamates (subject to hydrolysis) is 1. The topological polar surface area (TPSA) is 84.9 Å². The average Bonchev–Trinajstić information content (AvgIpc) is 3.59. The van der Waals surface area contributed by atoms with Crippen molar-refractivity contribution in [3.05, 3.63) is 0 Å². The Bertz CT molecular complexity index is 930. The van der Waals surface area contributed by atoms with Gasteiger partial charge in [-0.15, -0.1) is 0 Å². The maximum absolute atomic E-state index is 14.6. The highest BCUT2D eigenvalue weighted by Crippen LogP contribution is 2.68. The molecule has 202 valence electrons. The molecular weight excluding hydrogens is 463 g/mol. The van der Waals surface area contributed by atoms with Gasteiger partial charge >= 0.3 is 6.09 Å². The van der Waals surface area contributed by atoms with Crippen molar-refractivity contribution >= 4 is 17.8 Å².